The van der Waals surface area contributed by atoms with Gasteiger partial charge in [0.1, 0.15) is 5.82 Å². The summed E-state index contributed by atoms with van der Waals surface area (Å²) in [5.74, 6) is 1.88. The Morgan fingerprint density at radius 3 is 3.00 bits per heavy atom. The number of aliphatic hydroxyl groups excluding tert-OH is 1. The molecule has 60 valence electrons. The lowest BCUT2D eigenvalue weighted by Crippen LogP contribution is -1.90. The van der Waals surface area contributed by atoms with Crippen LogP contribution >= 0.6 is 0 Å². The Morgan fingerprint density at radius 1 is 1.64 bits per heavy atom. The van der Waals surface area contributed by atoms with Crippen LogP contribution in [-0.2, 0) is 13.0 Å². The lowest BCUT2D eigenvalue weighted by molar-refractivity contribution is 0.277. The van der Waals surface area contributed by atoms with E-state index in [4.69, 9.17) is 5.11 Å². The molecule has 2 rings (SSSR count). The van der Waals surface area contributed by atoms with E-state index in [2.05, 4.69) is 9.97 Å². The zero-order valence-corrected chi connectivity index (χ0v) is 6.38. The molecule has 0 saturated heterocycles. The SMILES string of the molecule is OCc1cnc(CC2CC2)[nH]1. The molecule has 0 aliphatic heterocycles. The van der Waals surface area contributed by atoms with Gasteiger partial charge < -0.3 is 10.1 Å². The van der Waals surface area contributed by atoms with E-state index in [1.165, 1.54) is 12.8 Å². The Hall–Kier alpha value is -0.830. The molecule has 1 aliphatic rings. The summed E-state index contributed by atoms with van der Waals surface area (Å²) in [6, 6.07) is 0. The minimum atomic E-state index is 0.0671. The number of H-pyrrole nitrogens is 1. The van der Waals surface area contributed by atoms with Crippen molar-refractivity contribution in [3.63, 3.8) is 0 Å². The van der Waals surface area contributed by atoms with Gasteiger partial charge in [-0.15, -0.1) is 0 Å². The summed E-state index contributed by atoms with van der Waals surface area (Å²) in [5.41, 5.74) is 0.820. The Morgan fingerprint density at radius 2 is 2.45 bits per heavy atom. The van der Waals surface area contributed by atoms with E-state index in [0.29, 0.717) is 0 Å². The summed E-state index contributed by atoms with van der Waals surface area (Å²) < 4.78 is 0. The molecule has 2 N–H and O–H groups in total. The van der Waals surface area contributed by atoms with Crippen LogP contribution in [0.4, 0.5) is 0 Å². The summed E-state index contributed by atoms with van der Waals surface area (Å²) in [6.45, 7) is 0.0671. The zero-order valence-electron chi connectivity index (χ0n) is 6.38. The zero-order chi connectivity index (χ0) is 7.68. The molecule has 11 heavy (non-hydrogen) atoms. The third-order valence-electron chi connectivity index (χ3n) is 2.03. The lowest BCUT2D eigenvalue weighted by Gasteiger charge is -1.90. The second kappa shape index (κ2) is 2.66. The average molecular weight is 152 g/mol. The van der Waals surface area contributed by atoms with E-state index in [-0.39, 0.29) is 6.61 Å². The molecule has 0 amide bonds. The van der Waals surface area contributed by atoms with Gasteiger partial charge in [-0.05, 0) is 18.8 Å². The highest BCUT2D eigenvalue weighted by molar-refractivity contribution is 5.01. The van der Waals surface area contributed by atoms with Crippen LogP contribution in [0.1, 0.15) is 24.4 Å². The first-order chi connectivity index (χ1) is 5.38. The quantitative estimate of drug-likeness (QED) is 0.674. The van der Waals surface area contributed by atoms with Gasteiger partial charge in [0, 0.05) is 6.42 Å². The van der Waals surface area contributed by atoms with Crippen LogP contribution in [0, 0.1) is 5.92 Å². The van der Waals surface area contributed by atoms with E-state index in [0.717, 1.165) is 23.9 Å². The smallest absolute Gasteiger partial charge is 0.106 e. The number of nitrogens with one attached hydrogen (secondary N) is 1. The van der Waals surface area contributed by atoms with Crippen molar-refractivity contribution in [1.29, 1.82) is 0 Å². The second-order valence-electron chi connectivity index (χ2n) is 3.16. The standard InChI is InChI=1S/C8H12N2O/c11-5-7-4-9-8(10-7)3-6-1-2-6/h4,6,11H,1-3,5H2,(H,9,10). The van der Waals surface area contributed by atoms with Gasteiger partial charge in [-0.25, -0.2) is 4.98 Å². The van der Waals surface area contributed by atoms with Crippen molar-refractivity contribution >= 4 is 0 Å². The number of rotatable bonds is 3. The van der Waals surface area contributed by atoms with Gasteiger partial charge in [-0.2, -0.15) is 0 Å². The number of aromatic nitrogens is 2. The monoisotopic (exact) mass is 152 g/mol. The van der Waals surface area contributed by atoms with Crippen LogP contribution in [0.5, 0.6) is 0 Å². The van der Waals surface area contributed by atoms with E-state index in [1.54, 1.807) is 6.20 Å². The van der Waals surface area contributed by atoms with Crippen molar-refractivity contribution in [2.75, 3.05) is 0 Å². The van der Waals surface area contributed by atoms with Gasteiger partial charge in [0.2, 0.25) is 0 Å². The number of aromatic amines is 1. The number of aliphatic hydroxyl groups is 1. The molecule has 3 nitrogen and oxygen atoms in total. The molecule has 1 saturated carbocycles. The number of imidazole rings is 1. The highest BCUT2D eigenvalue weighted by atomic mass is 16.3. The third kappa shape index (κ3) is 1.60. The van der Waals surface area contributed by atoms with E-state index >= 15 is 0 Å². The van der Waals surface area contributed by atoms with E-state index < -0.39 is 0 Å². The Balaban J connectivity index is 1.99. The molecule has 0 bridgehead atoms. The normalized spacial score (nSPS) is 17.2. The van der Waals surface area contributed by atoms with Gasteiger partial charge in [0.15, 0.2) is 0 Å². The molecule has 0 radical (unpaired) electrons. The fourth-order valence-electron chi connectivity index (χ4n) is 1.19. The third-order valence-corrected chi connectivity index (χ3v) is 2.03. The van der Waals surface area contributed by atoms with Crippen molar-refractivity contribution in [3.05, 3.63) is 17.7 Å². The maximum Gasteiger partial charge on any atom is 0.106 e. The lowest BCUT2D eigenvalue weighted by atomic mass is 10.3. The fourth-order valence-corrected chi connectivity index (χ4v) is 1.19. The van der Waals surface area contributed by atoms with E-state index in [1.807, 2.05) is 0 Å². The molecular weight excluding hydrogens is 140 g/mol. The highest BCUT2D eigenvalue weighted by Gasteiger charge is 2.22. The molecule has 3 heteroatoms. The predicted octanol–water partition coefficient (Wildman–Crippen LogP) is 0.855. The highest BCUT2D eigenvalue weighted by Crippen LogP contribution is 2.31. The first kappa shape index (κ1) is 6.85. The molecule has 1 aliphatic carbocycles. The van der Waals surface area contributed by atoms with Crippen LogP contribution in [0.25, 0.3) is 0 Å². The van der Waals surface area contributed by atoms with Crippen molar-refractivity contribution in [1.82, 2.24) is 9.97 Å². The number of hydrogen-bond donors (Lipinski definition) is 2. The average Bonchev–Trinajstić information content (AvgIpc) is 2.68. The maximum atomic E-state index is 8.73. The molecular formula is C8H12N2O. The van der Waals surface area contributed by atoms with Gasteiger partial charge in [-0.1, -0.05) is 0 Å². The Bertz CT molecular complexity index is 240. The second-order valence-corrected chi connectivity index (χ2v) is 3.16. The number of nitrogens with zero attached hydrogens (tertiary/aromatic N) is 1. The fraction of sp³-hybridized carbons (Fsp3) is 0.625. The molecule has 1 aromatic rings. The molecule has 0 unspecified atom stereocenters. The summed E-state index contributed by atoms with van der Waals surface area (Å²) in [5, 5.41) is 8.73. The minimum Gasteiger partial charge on any atom is -0.390 e. The van der Waals surface area contributed by atoms with Crippen molar-refractivity contribution in [3.8, 4) is 0 Å². The topological polar surface area (TPSA) is 48.9 Å². The minimum absolute atomic E-state index is 0.0671. The summed E-state index contributed by atoms with van der Waals surface area (Å²) in [7, 11) is 0. The molecule has 0 atom stereocenters. The Kier molecular flexibility index (Phi) is 1.66. The summed E-state index contributed by atoms with van der Waals surface area (Å²) >= 11 is 0. The largest absolute Gasteiger partial charge is 0.390 e. The van der Waals surface area contributed by atoms with Gasteiger partial charge >= 0.3 is 0 Å². The van der Waals surface area contributed by atoms with Crippen molar-refractivity contribution in [2.24, 2.45) is 5.92 Å². The molecule has 0 aromatic carbocycles. The summed E-state index contributed by atoms with van der Waals surface area (Å²) in [6.07, 6.45) is 5.45. The van der Waals surface area contributed by atoms with Crippen LogP contribution < -0.4 is 0 Å². The molecule has 1 fully saturated rings. The predicted molar refractivity (Wildman–Crippen MR) is 40.9 cm³/mol. The van der Waals surface area contributed by atoms with Crippen molar-refractivity contribution in [2.45, 2.75) is 25.9 Å². The molecule has 1 aromatic heterocycles. The maximum absolute atomic E-state index is 8.73. The Labute approximate surface area is 65.5 Å². The van der Waals surface area contributed by atoms with E-state index in [9.17, 15) is 0 Å². The van der Waals surface area contributed by atoms with Gasteiger partial charge in [-0.3, -0.25) is 0 Å². The van der Waals surface area contributed by atoms with Crippen LogP contribution in [-0.4, -0.2) is 15.1 Å². The van der Waals surface area contributed by atoms with Crippen LogP contribution in [0.2, 0.25) is 0 Å². The van der Waals surface area contributed by atoms with Crippen molar-refractivity contribution < 1.29 is 5.11 Å². The number of hydrogen-bond acceptors (Lipinski definition) is 2. The van der Waals surface area contributed by atoms with Crippen LogP contribution in [0.15, 0.2) is 6.20 Å². The van der Waals surface area contributed by atoms with Gasteiger partial charge in [0.25, 0.3) is 0 Å². The summed E-state index contributed by atoms with van der Waals surface area (Å²) in [4.78, 5) is 7.22. The molecule has 1 heterocycles. The molecule has 0 spiro atoms. The van der Waals surface area contributed by atoms with Crippen LogP contribution in [0.3, 0.4) is 0 Å². The first-order valence-corrected chi connectivity index (χ1v) is 4.02. The van der Waals surface area contributed by atoms with Gasteiger partial charge in [0.05, 0.1) is 18.5 Å². The first-order valence-electron chi connectivity index (χ1n) is 4.02.